The summed E-state index contributed by atoms with van der Waals surface area (Å²) in [6, 6.07) is 20.2. The summed E-state index contributed by atoms with van der Waals surface area (Å²) in [7, 11) is 0. The number of ketones is 1. The molecule has 0 bridgehead atoms. The number of carbonyl (C=O) groups excluding carboxylic acids is 2. The number of benzene rings is 3. The highest BCUT2D eigenvalue weighted by Crippen LogP contribution is 2.43. The molecule has 1 aromatic heterocycles. The molecule has 1 aliphatic heterocycles. The van der Waals surface area contributed by atoms with Crippen molar-refractivity contribution in [3.8, 4) is 0 Å². The number of hydrogen-bond donors (Lipinski definition) is 2. The number of aliphatic hydroxyl groups is 1. The highest BCUT2D eigenvalue weighted by atomic mass is 19.1. The smallest absolute Gasteiger partial charge is 0.264 e. The Kier molecular flexibility index (Phi) is 4.87. The van der Waals surface area contributed by atoms with Crippen LogP contribution in [0.25, 0.3) is 10.9 Å². The lowest BCUT2D eigenvalue weighted by molar-refractivity contribution is -0.135. The molecule has 32 heavy (non-hydrogen) atoms. The van der Waals surface area contributed by atoms with E-state index in [1.165, 1.54) is 23.1 Å². The fraction of sp³-hybridized carbons (Fsp3) is 0.154. The number of fused-ring (bicyclic) bond motifs is 2. The number of hydrogen-bond acceptors (Lipinski definition) is 3. The van der Waals surface area contributed by atoms with Gasteiger partial charge in [-0.25, -0.2) is 4.39 Å². The maximum Gasteiger partial charge on any atom is 0.264 e. The third-order valence-corrected chi connectivity index (χ3v) is 6.08. The summed E-state index contributed by atoms with van der Waals surface area (Å²) >= 11 is 0. The lowest BCUT2D eigenvalue weighted by Crippen LogP contribution is -2.42. The van der Waals surface area contributed by atoms with Gasteiger partial charge in [0.25, 0.3) is 5.91 Å². The van der Waals surface area contributed by atoms with Crippen LogP contribution < -0.4 is 4.90 Å². The maximum atomic E-state index is 13.6. The highest BCUT2D eigenvalue weighted by molar-refractivity contribution is 6.10. The van der Waals surface area contributed by atoms with Crippen LogP contribution in [0, 0.1) is 5.82 Å². The van der Waals surface area contributed by atoms with E-state index in [4.69, 9.17) is 0 Å². The van der Waals surface area contributed by atoms with E-state index in [1.54, 1.807) is 24.3 Å². The van der Waals surface area contributed by atoms with Gasteiger partial charge in [0, 0.05) is 34.8 Å². The number of amides is 1. The number of carbonyl (C=O) groups is 2. The minimum atomic E-state index is -1.99. The van der Waals surface area contributed by atoms with Crippen LogP contribution in [0.1, 0.15) is 27.9 Å². The van der Waals surface area contributed by atoms with Gasteiger partial charge in [-0.3, -0.25) is 9.59 Å². The van der Waals surface area contributed by atoms with Gasteiger partial charge in [-0.1, -0.05) is 48.5 Å². The third-order valence-electron chi connectivity index (χ3n) is 6.08. The molecule has 4 aromatic rings. The Morgan fingerprint density at radius 1 is 1.03 bits per heavy atom. The van der Waals surface area contributed by atoms with Crippen molar-refractivity contribution in [3.63, 3.8) is 0 Å². The predicted octanol–water partition coefficient (Wildman–Crippen LogP) is 4.36. The second kappa shape index (κ2) is 7.73. The van der Waals surface area contributed by atoms with Crippen molar-refractivity contribution in [1.29, 1.82) is 0 Å². The van der Waals surface area contributed by atoms with E-state index in [9.17, 15) is 19.1 Å². The Bertz CT molecular complexity index is 1350. The summed E-state index contributed by atoms with van der Waals surface area (Å²) in [5.41, 5.74) is 1.21. The minimum Gasteiger partial charge on any atom is -0.375 e. The van der Waals surface area contributed by atoms with Gasteiger partial charge < -0.3 is 15.0 Å². The Hall–Kier alpha value is -3.77. The molecule has 2 N–H and O–H groups in total. The fourth-order valence-corrected chi connectivity index (χ4v) is 4.47. The summed E-state index contributed by atoms with van der Waals surface area (Å²) in [4.78, 5) is 31.0. The summed E-state index contributed by atoms with van der Waals surface area (Å²) < 4.78 is 13.6. The van der Waals surface area contributed by atoms with Crippen LogP contribution >= 0.6 is 0 Å². The molecule has 6 heteroatoms. The van der Waals surface area contributed by atoms with E-state index < -0.39 is 29.5 Å². The molecule has 3 aromatic carbocycles. The monoisotopic (exact) mass is 428 g/mol. The van der Waals surface area contributed by atoms with E-state index in [2.05, 4.69) is 4.98 Å². The molecule has 0 fully saturated rings. The Labute approximate surface area is 184 Å². The van der Waals surface area contributed by atoms with Gasteiger partial charge in [-0.05, 0) is 36.2 Å². The Morgan fingerprint density at radius 2 is 1.81 bits per heavy atom. The minimum absolute atomic E-state index is 0.126. The van der Waals surface area contributed by atoms with Crippen molar-refractivity contribution in [2.24, 2.45) is 0 Å². The zero-order chi connectivity index (χ0) is 22.3. The molecule has 0 saturated carbocycles. The molecule has 0 unspecified atom stereocenters. The normalized spacial score (nSPS) is 17.7. The van der Waals surface area contributed by atoms with Crippen molar-refractivity contribution in [3.05, 3.63) is 102 Å². The quantitative estimate of drug-likeness (QED) is 0.448. The molecule has 160 valence electrons. The largest absolute Gasteiger partial charge is 0.375 e. The van der Waals surface area contributed by atoms with E-state index in [0.29, 0.717) is 24.2 Å². The van der Waals surface area contributed by atoms with Crippen LogP contribution in [0.2, 0.25) is 0 Å². The van der Waals surface area contributed by atoms with Gasteiger partial charge in [0.2, 0.25) is 0 Å². The van der Waals surface area contributed by atoms with Gasteiger partial charge in [0.15, 0.2) is 11.4 Å². The van der Waals surface area contributed by atoms with Crippen LogP contribution in [0.15, 0.2) is 79.0 Å². The van der Waals surface area contributed by atoms with Gasteiger partial charge >= 0.3 is 0 Å². The average Bonchev–Trinajstić information content (AvgIpc) is 3.30. The van der Waals surface area contributed by atoms with E-state index in [-0.39, 0.29) is 5.56 Å². The number of nitrogens with zero attached hydrogens (tertiary/aromatic N) is 1. The molecule has 5 rings (SSSR count). The zero-order valence-corrected chi connectivity index (χ0v) is 17.2. The molecular formula is C26H21FN2O3. The molecule has 0 aliphatic carbocycles. The number of H-pyrrole nitrogens is 1. The van der Waals surface area contributed by atoms with E-state index >= 15 is 0 Å². The number of nitrogens with one attached hydrogen (secondary N) is 1. The van der Waals surface area contributed by atoms with Crippen LogP contribution in [0.5, 0.6) is 0 Å². The Morgan fingerprint density at radius 3 is 2.66 bits per heavy atom. The molecule has 5 nitrogen and oxygen atoms in total. The SMILES string of the molecule is O=C(C[C@]1(O)C(=O)N(CCc2c[nH]c3ccccc23)c2ccccc21)c1cccc(F)c1. The topological polar surface area (TPSA) is 73.4 Å². The fourth-order valence-electron chi connectivity index (χ4n) is 4.47. The van der Waals surface area contributed by atoms with Crippen LogP contribution in [-0.2, 0) is 16.8 Å². The van der Waals surface area contributed by atoms with E-state index in [0.717, 1.165) is 22.5 Å². The molecule has 2 heterocycles. The first-order valence-corrected chi connectivity index (χ1v) is 10.4. The second-order valence-electron chi connectivity index (χ2n) is 8.05. The molecule has 1 atom stereocenters. The first-order chi connectivity index (χ1) is 15.5. The first kappa shape index (κ1) is 20.2. The summed E-state index contributed by atoms with van der Waals surface area (Å²) in [6.45, 7) is 0.355. The number of anilines is 1. The lowest BCUT2D eigenvalue weighted by Gasteiger charge is -2.23. The van der Waals surface area contributed by atoms with Gasteiger partial charge in [0.05, 0.1) is 12.1 Å². The highest BCUT2D eigenvalue weighted by Gasteiger charge is 2.50. The van der Waals surface area contributed by atoms with Gasteiger partial charge in [-0.2, -0.15) is 0 Å². The molecule has 0 radical (unpaired) electrons. The van der Waals surface area contributed by atoms with Crippen LogP contribution in [0.3, 0.4) is 0 Å². The average molecular weight is 428 g/mol. The number of aromatic amines is 1. The van der Waals surface area contributed by atoms with Crippen molar-refractivity contribution >= 4 is 28.3 Å². The van der Waals surface area contributed by atoms with Gasteiger partial charge in [-0.15, -0.1) is 0 Å². The third kappa shape index (κ3) is 3.29. The molecule has 0 spiro atoms. The zero-order valence-electron chi connectivity index (χ0n) is 17.2. The first-order valence-electron chi connectivity index (χ1n) is 10.4. The standard InChI is InChI=1S/C26H21FN2O3/c27-19-7-5-6-17(14-19)24(30)15-26(32)21-9-2-4-11-23(21)29(25(26)31)13-12-18-16-28-22-10-3-1-8-20(18)22/h1-11,14,16,28,32H,12-13,15H2/t26-/m1/s1. The Balaban J connectivity index is 1.43. The van der Waals surface area contributed by atoms with E-state index in [1.807, 2.05) is 30.5 Å². The summed E-state index contributed by atoms with van der Waals surface area (Å²) in [5, 5.41) is 12.5. The lowest BCUT2D eigenvalue weighted by atomic mass is 9.88. The molecular weight excluding hydrogens is 407 g/mol. The summed E-state index contributed by atoms with van der Waals surface area (Å²) in [5.74, 6) is -1.57. The number of rotatable bonds is 6. The number of aromatic nitrogens is 1. The van der Waals surface area contributed by atoms with Crippen LogP contribution in [-0.4, -0.2) is 28.3 Å². The number of halogens is 1. The molecule has 0 saturated heterocycles. The van der Waals surface area contributed by atoms with Crippen molar-refractivity contribution < 1.29 is 19.1 Å². The summed E-state index contributed by atoms with van der Waals surface area (Å²) in [6.07, 6.45) is 2.06. The molecule has 1 aliphatic rings. The predicted molar refractivity (Wildman–Crippen MR) is 120 cm³/mol. The van der Waals surface area contributed by atoms with Crippen molar-refractivity contribution in [2.75, 3.05) is 11.4 Å². The maximum absolute atomic E-state index is 13.6. The molecule has 1 amide bonds. The van der Waals surface area contributed by atoms with Gasteiger partial charge in [0.1, 0.15) is 5.82 Å². The van der Waals surface area contributed by atoms with Crippen molar-refractivity contribution in [1.82, 2.24) is 4.98 Å². The number of para-hydroxylation sites is 2. The second-order valence-corrected chi connectivity index (χ2v) is 8.05. The van der Waals surface area contributed by atoms with Crippen LogP contribution in [0.4, 0.5) is 10.1 Å². The van der Waals surface area contributed by atoms with Crippen molar-refractivity contribution in [2.45, 2.75) is 18.4 Å². The number of Topliss-reactive ketones (excluding diaryl/α,β-unsaturated/α-hetero) is 1.